The number of fused-ring (bicyclic) bond motifs is 12. The molecule has 1 saturated heterocycles. The van der Waals surface area contributed by atoms with E-state index in [-0.39, 0.29) is 0 Å². The number of nitrogens with zero attached hydrogens (tertiary/aromatic N) is 10. The third kappa shape index (κ3) is 4.33. The van der Waals surface area contributed by atoms with Gasteiger partial charge in [-0.05, 0) is 25.7 Å². The summed E-state index contributed by atoms with van der Waals surface area (Å²) >= 11 is 0. The van der Waals surface area contributed by atoms with Gasteiger partial charge in [-0.2, -0.15) is 0 Å². The fraction of sp³-hybridized carbons (Fsp3) is 0.556. The van der Waals surface area contributed by atoms with Crippen molar-refractivity contribution < 1.29 is 0 Å². The molecule has 6 aliphatic heterocycles. The molecule has 1 aromatic rings. The summed E-state index contributed by atoms with van der Waals surface area (Å²) < 4.78 is 0. The van der Waals surface area contributed by atoms with Gasteiger partial charge in [0.1, 0.15) is 46.1 Å². The Kier molecular flexibility index (Phi) is 7.02. The number of rotatable bonds is 4. The average Bonchev–Trinajstić information content (AvgIpc) is 3.65. The topological polar surface area (TPSA) is 154 Å². The van der Waals surface area contributed by atoms with Crippen LogP contribution in [0.1, 0.15) is 117 Å². The van der Waals surface area contributed by atoms with E-state index in [1.807, 2.05) is 0 Å². The summed E-state index contributed by atoms with van der Waals surface area (Å²) in [4.78, 5) is 54.8. The molecule has 0 unspecified atom stereocenters. The quantitative estimate of drug-likeness (QED) is 0.321. The van der Waals surface area contributed by atoms with Gasteiger partial charge in [0.2, 0.25) is 0 Å². The minimum Gasteiger partial charge on any atom is -0.352 e. The summed E-state index contributed by atoms with van der Waals surface area (Å²) in [6.45, 7) is 25.7. The molecule has 48 heavy (non-hydrogen) atoms. The zero-order valence-electron chi connectivity index (χ0n) is 30.3. The van der Waals surface area contributed by atoms with E-state index in [0.29, 0.717) is 52.1 Å². The second kappa shape index (κ2) is 10.5. The molecule has 12 heteroatoms. The van der Waals surface area contributed by atoms with Crippen molar-refractivity contribution in [3.05, 3.63) is 34.2 Å². The molecule has 0 amide bonds. The van der Waals surface area contributed by atoms with Crippen molar-refractivity contribution in [3.63, 3.8) is 0 Å². The summed E-state index contributed by atoms with van der Waals surface area (Å²) in [5, 5.41) is 3.58. The van der Waals surface area contributed by atoms with Gasteiger partial charge in [-0.25, -0.2) is 49.9 Å². The van der Waals surface area contributed by atoms with E-state index in [1.54, 1.807) is 0 Å². The number of aliphatic imine (C=N–C) groups is 6. The van der Waals surface area contributed by atoms with Gasteiger partial charge >= 0.3 is 0 Å². The molecule has 0 saturated carbocycles. The Hall–Kier alpha value is -4.48. The van der Waals surface area contributed by atoms with Crippen molar-refractivity contribution in [2.24, 2.45) is 51.6 Å². The summed E-state index contributed by atoms with van der Waals surface area (Å²) in [6.07, 6.45) is 3.11. The molecule has 1 fully saturated rings. The van der Waals surface area contributed by atoms with E-state index >= 15 is 0 Å². The highest BCUT2D eigenvalue weighted by atomic mass is 15.2. The molecule has 0 spiro atoms. The number of nitrogens with one attached hydrogen (secondary N) is 2. The van der Waals surface area contributed by atoms with Crippen LogP contribution in [0.2, 0.25) is 0 Å². The van der Waals surface area contributed by atoms with E-state index in [1.165, 1.54) is 0 Å². The van der Waals surface area contributed by atoms with Crippen LogP contribution in [0.4, 0.5) is 11.6 Å². The van der Waals surface area contributed by atoms with Crippen LogP contribution >= 0.6 is 0 Å². The van der Waals surface area contributed by atoms with Crippen molar-refractivity contribution in [1.29, 1.82) is 0 Å². The smallest absolute Gasteiger partial charge is 0.184 e. The highest BCUT2D eigenvalue weighted by Gasteiger charge is 2.53. The first-order chi connectivity index (χ1) is 22.6. The maximum Gasteiger partial charge on any atom is 0.184 e. The minimum absolute atomic E-state index is 0.445. The number of aryl methyl sites for hydroxylation is 4. The molecular weight excluding hydrogens is 600 g/mol. The van der Waals surface area contributed by atoms with Crippen LogP contribution in [-0.4, -0.2) is 59.9 Å². The van der Waals surface area contributed by atoms with Crippen molar-refractivity contribution in [1.82, 2.24) is 30.2 Å². The fourth-order valence-corrected chi connectivity index (χ4v) is 6.59. The number of amidine groups is 6. The molecule has 0 atom stereocenters. The number of hydrogen-bond acceptors (Lipinski definition) is 11. The molecule has 250 valence electrons. The molecule has 1 aromatic heterocycles. The lowest BCUT2D eigenvalue weighted by Crippen LogP contribution is -2.37. The standard InChI is InChI=1S/C36H46N12/c1-13-17-18(14-2)38-22-21(37-17)25-41-26(22)44-30-34(7,8)36(11,12)32(48-30)46-28-24-23(39-19(15-3)20(16-4)40-24)27(42-28)45-31-35(9,10)33(5,6)29(43-25)47-31/h37H,13-16H2,1-12H3,(H,41,42,43,44,45,46,47,48). The van der Waals surface area contributed by atoms with E-state index in [4.69, 9.17) is 49.9 Å². The number of H-pyrrole nitrogens is 1. The van der Waals surface area contributed by atoms with Crippen LogP contribution in [0.15, 0.2) is 30.0 Å². The van der Waals surface area contributed by atoms with Gasteiger partial charge in [-0.15, -0.1) is 0 Å². The van der Waals surface area contributed by atoms with Gasteiger partial charge in [-0.1, -0.05) is 83.1 Å². The third-order valence-corrected chi connectivity index (χ3v) is 11.5. The van der Waals surface area contributed by atoms with Gasteiger partial charge < -0.3 is 10.3 Å². The Morgan fingerprint density at radius 2 is 0.979 bits per heavy atom. The predicted molar refractivity (Wildman–Crippen MR) is 193 cm³/mol. The number of aromatic nitrogens is 5. The molecule has 8 bridgehead atoms. The Balaban J connectivity index is 1.57. The normalized spacial score (nSPS) is 21.2. The van der Waals surface area contributed by atoms with Crippen molar-refractivity contribution >= 4 is 46.6 Å². The first-order valence-electron chi connectivity index (χ1n) is 17.2. The van der Waals surface area contributed by atoms with Crippen molar-refractivity contribution in [2.75, 3.05) is 0 Å². The molecule has 7 rings (SSSR count). The molecular formula is C36H46N12. The second-order valence-electron chi connectivity index (χ2n) is 15.2. The fourth-order valence-electron chi connectivity index (χ4n) is 6.59. The van der Waals surface area contributed by atoms with E-state index < -0.39 is 21.7 Å². The van der Waals surface area contributed by atoms with Crippen molar-refractivity contribution in [2.45, 2.75) is 109 Å². The van der Waals surface area contributed by atoms with E-state index in [9.17, 15) is 0 Å². The molecule has 6 aliphatic rings. The summed E-state index contributed by atoms with van der Waals surface area (Å²) in [5.74, 6) is 4.70. The lowest BCUT2D eigenvalue weighted by molar-refractivity contribution is 0.296. The monoisotopic (exact) mass is 646 g/mol. The van der Waals surface area contributed by atoms with Gasteiger partial charge in [0.15, 0.2) is 23.3 Å². The minimum atomic E-state index is -0.495. The maximum absolute atomic E-state index is 5.20. The third-order valence-electron chi connectivity index (χ3n) is 11.5. The maximum atomic E-state index is 5.20. The molecule has 0 aliphatic carbocycles. The van der Waals surface area contributed by atoms with Gasteiger partial charge in [0.05, 0.1) is 17.1 Å². The SMILES string of the molecule is CCc1nc2c(nc1CC)C1=NC3=NC(=Nc4nc(c5nc(CC)c(CC)[nH]c4-5)N=C4NC(=NC2=N1)C(C)(C)C4(C)C)C(C)(C)C3(C)C. The van der Waals surface area contributed by atoms with Crippen molar-refractivity contribution in [3.8, 4) is 11.4 Å². The number of aromatic amines is 1. The zero-order chi connectivity index (χ0) is 34.6. The van der Waals surface area contributed by atoms with Gasteiger partial charge in [-0.3, -0.25) is 0 Å². The lowest BCUT2D eigenvalue weighted by atomic mass is 9.68. The Morgan fingerprint density at radius 1 is 0.458 bits per heavy atom. The second-order valence-corrected chi connectivity index (χ2v) is 15.2. The molecule has 0 radical (unpaired) electrons. The van der Waals surface area contributed by atoms with Gasteiger partial charge in [0, 0.05) is 27.4 Å². The number of hydrogen-bond donors (Lipinski definition) is 2. The van der Waals surface area contributed by atoms with Crippen LogP contribution in [-0.2, 0) is 25.7 Å². The molecule has 0 aromatic carbocycles. The van der Waals surface area contributed by atoms with Crippen LogP contribution in [0.5, 0.6) is 0 Å². The first kappa shape index (κ1) is 32.1. The molecule has 12 nitrogen and oxygen atoms in total. The molecule has 2 N–H and O–H groups in total. The summed E-state index contributed by atoms with van der Waals surface area (Å²) in [7, 11) is 0. The average molecular weight is 647 g/mol. The van der Waals surface area contributed by atoms with Crippen LogP contribution in [0.25, 0.3) is 11.4 Å². The Bertz CT molecular complexity index is 2040. The lowest BCUT2D eigenvalue weighted by Gasteiger charge is -2.33. The highest BCUT2D eigenvalue weighted by Crippen LogP contribution is 2.50. The Labute approximate surface area is 282 Å². The predicted octanol–water partition coefficient (Wildman–Crippen LogP) is 6.75. The zero-order valence-corrected chi connectivity index (χ0v) is 30.3. The van der Waals surface area contributed by atoms with Gasteiger partial charge in [0.25, 0.3) is 0 Å². The summed E-state index contributed by atoms with van der Waals surface area (Å²) in [5.41, 5.74) is 4.77. The van der Waals surface area contributed by atoms with Crippen LogP contribution < -0.4 is 5.32 Å². The first-order valence-corrected chi connectivity index (χ1v) is 17.2. The van der Waals surface area contributed by atoms with Crippen LogP contribution in [0, 0.1) is 21.7 Å². The highest BCUT2D eigenvalue weighted by molar-refractivity contribution is 6.27. The van der Waals surface area contributed by atoms with E-state index in [2.05, 4.69) is 93.4 Å². The molecule has 7 heterocycles. The van der Waals surface area contributed by atoms with E-state index in [0.717, 1.165) is 65.8 Å². The largest absolute Gasteiger partial charge is 0.352 e. The van der Waals surface area contributed by atoms with Crippen LogP contribution in [0.3, 0.4) is 0 Å². The summed E-state index contributed by atoms with van der Waals surface area (Å²) in [6, 6.07) is 0. The Morgan fingerprint density at radius 3 is 1.54 bits per heavy atom.